The Kier molecular flexibility index (Phi) is 7.04. The molecule has 2 aromatic rings. The minimum Gasteiger partial charge on any atom is -0.489 e. The van der Waals surface area contributed by atoms with Gasteiger partial charge in [0.2, 0.25) is 11.7 Å². The highest BCUT2D eigenvalue weighted by Gasteiger charge is 2.30. The molecule has 3 fully saturated rings. The van der Waals surface area contributed by atoms with Gasteiger partial charge < -0.3 is 25.4 Å². The molecule has 3 N–H and O–H groups in total. The summed E-state index contributed by atoms with van der Waals surface area (Å²) in [6.45, 7) is 3.67. The number of hydrogen-bond acceptors (Lipinski definition) is 7. The molecule has 4 atom stereocenters. The Labute approximate surface area is 205 Å². The number of ether oxygens (including phenoxy) is 2. The van der Waals surface area contributed by atoms with E-state index in [1.807, 2.05) is 36.1 Å². The van der Waals surface area contributed by atoms with Crippen LogP contribution in [0.2, 0.25) is 0 Å². The van der Waals surface area contributed by atoms with Crippen molar-refractivity contribution in [3.8, 4) is 11.6 Å². The summed E-state index contributed by atoms with van der Waals surface area (Å²) < 4.78 is 26.6. The maximum atomic E-state index is 14.9. The molecule has 1 aliphatic heterocycles. The number of rotatable bonds is 9. The van der Waals surface area contributed by atoms with Gasteiger partial charge in [-0.05, 0) is 62.6 Å². The summed E-state index contributed by atoms with van der Waals surface area (Å²) in [5.41, 5.74) is 6.96. The van der Waals surface area contributed by atoms with E-state index in [1.165, 1.54) is 6.33 Å². The molecule has 1 aromatic heterocycles. The second kappa shape index (κ2) is 10.4. The summed E-state index contributed by atoms with van der Waals surface area (Å²) in [6, 6.07) is 7.83. The van der Waals surface area contributed by atoms with Gasteiger partial charge in [-0.25, -0.2) is 4.98 Å². The number of nitrogens with two attached hydrogens (primary N) is 1. The lowest BCUT2D eigenvalue weighted by molar-refractivity contribution is -0.125. The minimum absolute atomic E-state index is 0.0148. The van der Waals surface area contributed by atoms with Crippen molar-refractivity contribution >= 4 is 11.7 Å². The molecule has 2 aliphatic carbocycles. The van der Waals surface area contributed by atoms with Crippen LogP contribution in [0.25, 0.3) is 0 Å². The predicted molar refractivity (Wildman–Crippen MR) is 130 cm³/mol. The molecule has 0 bridgehead atoms. The Hall–Kier alpha value is -2.94. The molecular formula is C26H34FN5O3. The number of aromatic nitrogens is 2. The van der Waals surface area contributed by atoms with Crippen LogP contribution >= 0.6 is 0 Å². The van der Waals surface area contributed by atoms with Crippen molar-refractivity contribution in [3.63, 3.8) is 0 Å². The van der Waals surface area contributed by atoms with E-state index in [1.54, 1.807) is 0 Å². The molecule has 1 saturated heterocycles. The van der Waals surface area contributed by atoms with Crippen LogP contribution in [0.3, 0.4) is 0 Å². The number of carbonyl (C=O) groups excluding carboxylic acids is 1. The second-order valence-corrected chi connectivity index (χ2v) is 10.1. The Morgan fingerprint density at radius 2 is 2.00 bits per heavy atom. The highest BCUT2D eigenvalue weighted by Crippen LogP contribution is 2.32. The molecule has 0 spiro atoms. The van der Waals surface area contributed by atoms with E-state index in [-0.39, 0.29) is 41.7 Å². The summed E-state index contributed by atoms with van der Waals surface area (Å²) in [5, 5.41) is 3.10. The van der Waals surface area contributed by atoms with Crippen molar-refractivity contribution < 1.29 is 18.7 Å². The first-order valence-electron chi connectivity index (χ1n) is 12.7. The maximum absolute atomic E-state index is 14.9. The summed E-state index contributed by atoms with van der Waals surface area (Å²) in [7, 11) is 0. The van der Waals surface area contributed by atoms with E-state index in [0.29, 0.717) is 25.6 Å². The van der Waals surface area contributed by atoms with Crippen molar-refractivity contribution in [1.82, 2.24) is 15.3 Å². The quantitative estimate of drug-likeness (QED) is 0.564. The Morgan fingerprint density at radius 3 is 2.71 bits per heavy atom. The van der Waals surface area contributed by atoms with E-state index >= 15 is 0 Å². The molecule has 3 aliphatic rings. The fourth-order valence-corrected chi connectivity index (χ4v) is 4.86. The van der Waals surface area contributed by atoms with Gasteiger partial charge in [0, 0.05) is 24.9 Å². The average molecular weight is 484 g/mol. The lowest BCUT2D eigenvalue weighted by Crippen LogP contribution is -2.32. The molecule has 1 aromatic carbocycles. The Bertz CT molecular complexity index is 1030. The van der Waals surface area contributed by atoms with Crippen molar-refractivity contribution in [3.05, 3.63) is 42.0 Å². The van der Waals surface area contributed by atoms with E-state index < -0.39 is 5.82 Å². The first-order valence-corrected chi connectivity index (χ1v) is 12.7. The van der Waals surface area contributed by atoms with E-state index in [0.717, 1.165) is 49.8 Å². The Morgan fingerprint density at radius 1 is 1.20 bits per heavy atom. The Balaban J connectivity index is 1.13. The lowest BCUT2D eigenvalue weighted by atomic mass is 10.0. The van der Waals surface area contributed by atoms with Gasteiger partial charge in [-0.2, -0.15) is 9.37 Å². The summed E-state index contributed by atoms with van der Waals surface area (Å²) >= 11 is 0. The fourth-order valence-electron chi connectivity index (χ4n) is 4.86. The molecule has 8 nitrogen and oxygen atoms in total. The number of hydrogen-bond donors (Lipinski definition) is 2. The number of benzene rings is 1. The van der Waals surface area contributed by atoms with Gasteiger partial charge >= 0.3 is 0 Å². The topological polar surface area (TPSA) is 103 Å². The summed E-state index contributed by atoms with van der Waals surface area (Å²) in [6.07, 6.45) is 6.85. The van der Waals surface area contributed by atoms with Crippen LogP contribution in [0.5, 0.6) is 11.6 Å². The number of halogens is 1. The molecule has 2 heterocycles. The maximum Gasteiger partial charge on any atom is 0.255 e. The normalized spacial score (nSPS) is 24.9. The molecule has 0 radical (unpaired) electrons. The highest BCUT2D eigenvalue weighted by molar-refractivity contribution is 5.79. The minimum atomic E-state index is -0.506. The van der Waals surface area contributed by atoms with E-state index in [9.17, 15) is 9.18 Å². The third-order valence-corrected chi connectivity index (χ3v) is 7.22. The van der Waals surface area contributed by atoms with Gasteiger partial charge in [0.1, 0.15) is 18.2 Å². The van der Waals surface area contributed by atoms with Gasteiger partial charge in [-0.1, -0.05) is 12.1 Å². The van der Waals surface area contributed by atoms with E-state index in [2.05, 4.69) is 15.3 Å². The zero-order valence-electron chi connectivity index (χ0n) is 20.2. The van der Waals surface area contributed by atoms with Crippen molar-refractivity contribution in [2.45, 2.75) is 63.6 Å². The molecule has 5 rings (SSSR count). The van der Waals surface area contributed by atoms with Crippen molar-refractivity contribution in [2.75, 3.05) is 24.6 Å². The molecule has 35 heavy (non-hydrogen) atoms. The fraction of sp³-hybridized carbons (Fsp3) is 0.577. The van der Waals surface area contributed by atoms with Gasteiger partial charge in [-0.15, -0.1) is 0 Å². The van der Waals surface area contributed by atoms with Crippen LogP contribution < -0.4 is 25.4 Å². The second-order valence-electron chi connectivity index (χ2n) is 10.1. The third kappa shape index (κ3) is 5.83. The number of anilines is 1. The van der Waals surface area contributed by atoms with Crippen LogP contribution in [0, 0.1) is 17.7 Å². The predicted octanol–water partition coefficient (Wildman–Crippen LogP) is 3.37. The zero-order valence-corrected chi connectivity index (χ0v) is 20.2. The molecule has 2 saturated carbocycles. The highest BCUT2D eigenvalue weighted by atomic mass is 19.1. The zero-order chi connectivity index (χ0) is 24.4. The first kappa shape index (κ1) is 23.8. The third-order valence-electron chi connectivity index (χ3n) is 7.22. The monoisotopic (exact) mass is 483 g/mol. The number of nitrogens with one attached hydrogen (secondary N) is 1. The van der Waals surface area contributed by atoms with Crippen LogP contribution in [-0.2, 0) is 4.79 Å². The molecule has 188 valence electrons. The lowest BCUT2D eigenvalue weighted by Gasteiger charge is -2.20. The van der Waals surface area contributed by atoms with E-state index in [4.69, 9.17) is 15.2 Å². The van der Waals surface area contributed by atoms with Gasteiger partial charge in [0.05, 0.1) is 19.2 Å². The number of nitrogens with zero attached hydrogens (tertiary/aromatic N) is 3. The van der Waals surface area contributed by atoms with Crippen molar-refractivity contribution in [1.29, 1.82) is 0 Å². The van der Waals surface area contributed by atoms with Crippen LogP contribution in [-0.4, -0.2) is 47.7 Å². The summed E-state index contributed by atoms with van der Waals surface area (Å²) in [4.78, 5) is 22.5. The average Bonchev–Trinajstić information content (AvgIpc) is 3.40. The molecule has 1 unspecified atom stereocenters. The van der Waals surface area contributed by atoms with Crippen LogP contribution in [0.1, 0.15) is 57.1 Å². The number of carbonyl (C=O) groups is 1. The van der Waals surface area contributed by atoms with Crippen LogP contribution in [0.15, 0.2) is 30.6 Å². The van der Waals surface area contributed by atoms with Gasteiger partial charge in [0.15, 0.2) is 5.82 Å². The van der Waals surface area contributed by atoms with Gasteiger partial charge in [-0.3, -0.25) is 4.79 Å². The molecule has 1 amide bonds. The smallest absolute Gasteiger partial charge is 0.255 e. The van der Waals surface area contributed by atoms with Crippen molar-refractivity contribution in [2.24, 2.45) is 17.6 Å². The first-order chi connectivity index (χ1) is 17.0. The number of amides is 1. The SMILES string of the molecule is C[C@H](NC(=O)C1CC[C@@H](N)C1)c1ccc(O[C@@H]2CCN(c3ncnc(OCC4CC4)c3F)C2)cc1. The summed E-state index contributed by atoms with van der Waals surface area (Å²) in [5.74, 6) is 1.15. The standard InChI is InChI=1S/C26H34FN5O3/c1-16(31-25(33)19-4-7-20(28)12-19)18-5-8-21(9-6-18)35-22-10-11-32(13-22)24-23(27)26(30-15-29-24)34-14-17-2-3-17/h5-6,8-9,15-17,19-20,22H,2-4,7,10-14,28H2,1H3,(H,31,33)/t16-,19?,20+,22+/m0/s1. The van der Waals surface area contributed by atoms with Gasteiger partial charge in [0.25, 0.3) is 5.88 Å². The molecule has 9 heteroatoms. The molecular weight excluding hydrogens is 449 g/mol. The van der Waals surface area contributed by atoms with Crippen LogP contribution in [0.4, 0.5) is 10.2 Å². The largest absolute Gasteiger partial charge is 0.489 e.